The van der Waals surface area contributed by atoms with E-state index in [1.54, 1.807) is 13.0 Å². The van der Waals surface area contributed by atoms with Gasteiger partial charge in [0.05, 0.1) is 6.10 Å². The van der Waals surface area contributed by atoms with E-state index >= 15 is 0 Å². The number of halogens is 1. The summed E-state index contributed by atoms with van der Waals surface area (Å²) < 4.78 is 12.9. The van der Waals surface area contributed by atoms with Gasteiger partial charge in [-0.05, 0) is 30.7 Å². The van der Waals surface area contributed by atoms with Gasteiger partial charge in [-0.2, -0.15) is 0 Å². The molecule has 0 heterocycles. The molecule has 0 aliphatic carbocycles. The fraction of sp³-hybridized carbons (Fsp3) is 0.455. The highest BCUT2D eigenvalue weighted by Crippen LogP contribution is 2.20. The minimum atomic E-state index is -0.425. The second-order valence-electron chi connectivity index (χ2n) is 3.71. The predicted molar refractivity (Wildman–Crippen MR) is 59.2 cm³/mol. The van der Waals surface area contributed by atoms with Crippen molar-refractivity contribution in [2.45, 2.75) is 19.6 Å². The van der Waals surface area contributed by atoms with Crippen molar-refractivity contribution in [1.29, 1.82) is 0 Å². The molecule has 0 aliphatic heterocycles. The number of nitrogens with two attached hydrogens (primary N) is 1. The summed E-state index contributed by atoms with van der Waals surface area (Å²) in [6, 6.07) is 4.50. The summed E-state index contributed by atoms with van der Waals surface area (Å²) in [6.07, 6.45) is -0.425. The quantitative estimate of drug-likeness (QED) is 0.785. The monoisotopic (exact) mass is 212 g/mol. The third-order valence-electron chi connectivity index (χ3n) is 2.21. The molecule has 1 aromatic rings. The topological polar surface area (TPSA) is 49.5 Å². The molecule has 0 spiro atoms. The van der Waals surface area contributed by atoms with Crippen LogP contribution in [0, 0.1) is 5.82 Å². The molecule has 0 radical (unpaired) electrons. The molecule has 0 fully saturated rings. The smallest absolute Gasteiger partial charge is 0.123 e. The predicted octanol–water partition coefficient (Wildman–Crippen LogP) is 1.10. The van der Waals surface area contributed by atoms with Gasteiger partial charge in [0.1, 0.15) is 5.82 Å². The van der Waals surface area contributed by atoms with E-state index in [0.717, 1.165) is 11.3 Å². The third-order valence-corrected chi connectivity index (χ3v) is 2.21. The van der Waals surface area contributed by atoms with Gasteiger partial charge >= 0.3 is 0 Å². The lowest BCUT2D eigenvalue weighted by molar-refractivity contribution is 0.201. The van der Waals surface area contributed by atoms with Gasteiger partial charge in [0.2, 0.25) is 0 Å². The molecule has 15 heavy (non-hydrogen) atoms. The Balaban J connectivity index is 2.92. The minimum Gasteiger partial charge on any atom is -0.392 e. The van der Waals surface area contributed by atoms with Crippen molar-refractivity contribution < 1.29 is 9.50 Å². The number of benzene rings is 1. The van der Waals surface area contributed by atoms with Gasteiger partial charge in [0, 0.05) is 25.8 Å². The van der Waals surface area contributed by atoms with E-state index < -0.39 is 6.10 Å². The van der Waals surface area contributed by atoms with Gasteiger partial charge in [0.15, 0.2) is 0 Å². The SMILES string of the molecule is CC(O)CN(C)c1ccc(F)cc1CN. The number of rotatable bonds is 4. The molecule has 1 unspecified atom stereocenters. The molecule has 0 saturated carbocycles. The van der Waals surface area contributed by atoms with Crippen molar-refractivity contribution in [3.05, 3.63) is 29.6 Å². The van der Waals surface area contributed by atoms with E-state index in [0.29, 0.717) is 6.54 Å². The lowest BCUT2D eigenvalue weighted by Gasteiger charge is -2.23. The van der Waals surface area contributed by atoms with Crippen molar-refractivity contribution in [3.63, 3.8) is 0 Å². The number of aliphatic hydroxyl groups excluding tert-OH is 1. The van der Waals surface area contributed by atoms with Gasteiger partial charge in [0.25, 0.3) is 0 Å². The Bertz CT molecular complexity index is 328. The van der Waals surface area contributed by atoms with E-state index in [-0.39, 0.29) is 12.4 Å². The minimum absolute atomic E-state index is 0.287. The summed E-state index contributed by atoms with van der Waals surface area (Å²) in [5, 5.41) is 9.26. The Morgan fingerprint density at radius 2 is 2.20 bits per heavy atom. The van der Waals surface area contributed by atoms with Crippen LogP contribution in [0.25, 0.3) is 0 Å². The Labute approximate surface area is 89.3 Å². The average Bonchev–Trinajstić information content (AvgIpc) is 2.16. The Hall–Kier alpha value is -1.13. The fourth-order valence-electron chi connectivity index (χ4n) is 1.58. The molecule has 3 nitrogen and oxygen atoms in total. The van der Waals surface area contributed by atoms with Crippen LogP contribution < -0.4 is 10.6 Å². The standard InChI is InChI=1S/C11H17FN2O/c1-8(15)7-14(2)11-4-3-10(12)5-9(11)6-13/h3-5,8,15H,6-7,13H2,1-2H3. The number of anilines is 1. The highest BCUT2D eigenvalue weighted by atomic mass is 19.1. The zero-order valence-electron chi connectivity index (χ0n) is 9.07. The van der Waals surface area contributed by atoms with Crippen LogP contribution in [0.4, 0.5) is 10.1 Å². The maximum atomic E-state index is 12.9. The molecular weight excluding hydrogens is 195 g/mol. The molecule has 1 rings (SSSR count). The first-order valence-corrected chi connectivity index (χ1v) is 4.92. The van der Waals surface area contributed by atoms with Gasteiger partial charge in [-0.1, -0.05) is 0 Å². The van der Waals surface area contributed by atoms with Crippen LogP contribution in [0.1, 0.15) is 12.5 Å². The van der Waals surface area contributed by atoms with E-state index in [1.165, 1.54) is 12.1 Å². The first kappa shape index (κ1) is 11.9. The van der Waals surface area contributed by atoms with Crippen LogP contribution in [0.3, 0.4) is 0 Å². The highest BCUT2D eigenvalue weighted by molar-refractivity contribution is 5.53. The van der Waals surface area contributed by atoms with Crippen molar-refractivity contribution in [3.8, 4) is 0 Å². The lowest BCUT2D eigenvalue weighted by atomic mass is 10.1. The molecule has 0 bridgehead atoms. The van der Waals surface area contributed by atoms with Gasteiger partial charge in [-0.25, -0.2) is 4.39 Å². The molecule has 84 valence electrons. The first-order chi connectivity index (χ1) is 7.04. The number of nitrogens with zero attached hydrogens (tertiary/aromatic N) is 1. The number of likely N-dealkylation sites (N-methyl/N-ethyl adjacent to an activating group) is 1. The van der Waals surface area contributed by atoms with E-state index in [2.05, 4.69) is 0 Å². The van der Waals surface area contributed by atoms with Crippen molar-refractivity contribution >= 4 is 5.69 Å². The van der Waals surface area contributed by atoms with Crippen molar-refractivity contribution in [1.82, 2.24) is 0 Å². The average molecular weight is 212 g/mol. The molecule has 0 aliphatic rings. The fourth-order valence-corrected chi connectivity index (χ4v) is 1.58. The Morgan fingerprint density at radius 3 is 2.73 bits per heavy atom. The van der Waals surface area contributed by atoms with Gasteiger partial charge in [-0.15, -0.1) is 0 Å². The molecule has 3 N–H and O–H groups in total. The Kier molecular flexibility index (Phi) is 4.05. The summed E-state index contributed by atoms with van der Waals surface area (Å²) in [6.45, 7) is 2.50. The molecule has 1 atom stereocenters. The first-order valence-electron chi connectivity index (χ1n) is 4.92. The zero-order valence-corrected chi connectivity index (χ0v) is 9.07. The van der Waals surface area contributed by atoms with Crippen LogP contribution >= 0.6 is 0 Å². The summed E-state index contributed by atoms with van der Waals surface area (Å²) in [7, 11) is 1.85. The van der Waals surface area contributed by atoms with Crippen LogP contribution in [0.15, 0.2) is 18.2 Å². The van der Waals surface area contributed by atoms with E-state index in [4.69, 9.17) is 5.73 Å². The lowest BCUT2D eigenvalue weighted by Crippen LogP contribution is -2.28. The van der Waals surface area contributed by atoms with Gasteiger partial charge in [-0.3, -0.25) is 0 Å². The highest BCUT2D eigenvalue weighted by Gasteiger charge is 2.09. The summed E-state index contributed by atoms with van der Waals surface area (Å²) in [5.41, 5.74) is 7.14. The number of hydrogen-bond acceptors (Lipinski definition) is 3. The molecule has 0 amide bonds. The second kappa shape index (κ2) is 5.09. The molecule has 4 heteroatoms. The summed E-state index contributed by atoms with van der Waals surface area (Å²) in [5.74, 6) is -0.287. The zero-order chi connectivity index (χ0) is 11.4. The third kappa shape index (κ3) is 3.18. The van der Waals surface area contributed by atoms with Crippen LogP contribution in [0.2, 0.25) is 0 Å². The normalized spacial score (nSPS) is 12.6. The van der Waals surface area contributed by atoms with Crippen molar-refractivity contribution in [2.24, 2.45) is 5.73 Å². The maximum absolute atomic E-state index is 12.9. The summed E-state index contributed by atoms with van der Waals surface area (Å²) >= 11 is 0. The van der Waals surface area contributed by atoms with Crippen LogP contribution in [0.5, 0.6) is 0 Å². The van der Waals surface area contributed by atoms with Gasteiger partial charge < -0.3 is 15.7 Å². The Morgan fingerprint density at radius 1 is 1.53 bits per heavy atom. The van der Waals surface area contributed by atoms with Crippen LogP contribution in [-0.2, 0) is 6.54 Å². The van der Waals surface area contributed by atoms with Crippen molar-refractivity contribution in [2.75, 3.05) is 18.5 Å². The van der Waals surface area contributed by atoms with E-state index in [1.807, 2.05) is 11.9 Å². The number of hydrogen-bond donors (Lipinski definition) is 2. The molecular formula is C11H17FN2O. The summed E-state index contributed by atoms with van der Waals surface area (Å²) in [4.78, 5) is 1.87. The van der Waals surface area contributed by atoms with E-state index in [9.17, 15) is 9.50 Å². The molecule has 0 saturated heterocycles. The largest absolute Gasteiger partial charge is 0.392 e. The second-order valence-corrected chi connectivity index (χ2v) is 3.71. The maximum Gasteiger partial charge on any atom is 0.123 e. The molecule has 0 aromatic heterocycles. The van der Waals surface area contributed by atoms with Crippen LogP contribution in [-0.4, -0.2) is 24.8 Å². The molecule has 1 aromatic carbocycles. The number of aliphatic hydroxyl groups is 1.